The van der Waals surface area contributed by atoms with Crippen molar-refractivity contribution in [2.24, 2.45) is 17.3 Å². The van der Waals surface area contributed by atoms with Gasteiger partial charge in [-0.2, -0.15) is 0 Å². The Morgan fingerprint density at radius 2 is 2.22 bits per heavy atom. The second-order valence-corrected chi connectivity index (χ2v) is 3.71. The Hall–Kier alpha value is -0.260. The van der Waals surface area contributed by atoms with Gasteiger partial charge in [-0.15, -0.1) is 6.58 Å². The number of hydrogen-bond donors (Lipinski definition) is 0. The van der Waals surface area contributed by atoms with Crippen LogP contribution >= 0.6 is 0 Å². The normalized spacial score (nSPS) is 41.1. The van der Waals surface area contributed by atoms with Crippen molar-refractivity contribution in [2.45, 2.75) is 27.2 Å². The molecule has 2 unspecified atom stereocenters. The third kappa shape index (κ3) is 0.910. The first kappa shape index (κ1) is 6.85. The molecule has 0 heteroatoms. The van der Waals surface area contributed by atoms with Crippen molar-refractivity contribution in [3.63, 3.8) is 0 Å². The Balaban J connectivity index is 2.51. The summed E-state index contributed by atoms with van der Waals surface area (Å²) in [6, 6.07) is 0. The predicted molar refractivity (Wildman–Crippen MR) is 41.2 cm³/mol. The summed E-state index contributed by atoms with van der Waals surface area (Å²) >= 11 is 0. The Kier molecular flexibility index (Phi) is 1.42. The van der Waals surface area contributed by atoms with Gasteiger partial charge in [0.15, 0.2) is 0 Å². The smallest absolute Gasteiger partial charge is 0.0174 e. The van der Waals surface area contributed by atoms with E-state index in [1.807, 2.05) is 0 Å². The number of allylic oxidation sites excluding steroid dienone is 1. The summed E-state index contributed by atoms with van der Waals surface area (Å²) in [5.74, 6) is 1.62. The first-order chi connectivity index (χ1) is 4.11. The summed E-state index contributed by atoms with van der Waals surface area (Å²) in [5.41, 5.74) is 0.599. The average Bonchev–Trinajstić information content (AvgIpc) is 2.44. The Morgan fingerprint density at radius 1 is 1.67 bits per heavy atom. The molecule has 0 N–H and O–H groups in total. The minimum absolute atomic E-state index is 0.599. The first-order valence-electron chi connectivity index (χ1n) is 3.74. The highest BCUT2D eigenvalue weighted by Gasteiger charge is 2.49. The van der Waals surface area contributed by atoms with Crippen LogP contribution < -0.4 is 0 Å². The van der Waals surface area contributed by atoms with E-state index in [-0.39, 0.29) is 0 Å². The highest BCUT2D eigenvalue weighted by Crippen LogP contribution is 2.57. The summed E-state index contributed by atoms with van der Waals surface area (Å²) < 4.78 is 0. The van der Waals surface area contributed by atoms with E-state index in [2.05, 4.69) is 33.4 Å². The lowest BCUT2D eigenvalue weighted by Gasteiger charge is -2.13. The molecule has 0 spiro atoms. The molecule has 0 aromatic rings. The predicted octanol–water partition coefficient (Wildman–Crippen LogP) is 2.85. The van der Waals surface area contributed by atoms with E-state index >= 15 is 0 Å². The number of hydrogen-bond acceptors (Lipinski definition) is 0. The maximum atomic E-state index is 3.80. The molecule has 0 heterocycles. The van der Waals surface area contributed by atoms with Crippen LogP contribution in [0.25, 0.3) is 0 Å². The van der Waals surface area contributed by atoms with Gasteiger partial charge < -0.3 is 0 Å². The maximum absolute atomic E-state index is 3.80. The van der Waals surface area contributed by atoms with Crippen molar-refractivity contribution in [2.75, 3.05) is 0 Å². The maximum Gasteiger partial charge on any atom is -0.0174 e. The van der Waals surface area contributed by atoms with E-state index in [1.165, 1.54) is 6.42 Å². The van der Waals surface area contributed by atoms with Gasteiger partial charge in [-0.1, -0.05) is 26.8 Å². The van der Waals surface area contributed by atoms with Crippen LogP contribution in [0.2, 0.25) is 0 Å². The molecule has 0 aliphatic heterocycles. The Labute approximate surface area is 58.0 Å². The van der Waals surface area contributed by atoms with E-state index in [9.17, 15) is 0 Å². The molecule has 0 nitrogen and oxygen atoms in total. The lowest BCUT2D eigenvalue weighted by Crippen LogP contribution is -2.05. The minimum atomic E-state index is 0.599. The largest absolute Gasteiger partial charge is 0.103 e. The van der Waals surface area contributed by atoms with Crippen LogP contribution in [0.5, 0.6) is 0 Å². The first-order valence-corrected chi connectivity index (χ1v) is 3.74. The molecular formula is C9H16. The summed E-state index contributed by atoms with van der Waals surface area (Å²) in [7, 11) is 0. The van der Waals surface area contributed by atoms with Crippen LogP contribution in [0.3, 0.4) is 0 Å². The fourth-order valence-electron chi connectivity index (χ4n) is 1.43. The van der Waals surface area contributed by atoms with Gasteiger partial charge in [-0.25, -0.2) is 0 Å². The third-order valence-corrected chi connectivity index (χ3v) is 2.95. The molecule has 0 radical (unpaired) electrons. The molecule has 0 bridgehead atoms. The molecule has 1 aliphatic carbocycles. The van der Waals surface area contributed by atoms with Crippen molar-refractivity contribution in [1.29, 1.82) is 0 Å². The summed E-state index contributed by atoms with van der Waals surface area (Å²) in [6.07, 6.45) is 3.45. The van der Waals surface area contributed by atoms with Gasteiger partial charge in [0.2, 0.25) is 0 Å². The third-order valence-electron chi connectivity index (χ3n) is 2.95. The highest BCUT2D eigenvalue weighted by molar-refractivity contribution is 5.08. The zero-order chi connectivity index (χ0) is 7.07. The monoisotopic (exact) mass is 124 g/mol. The highest BCUT2D eigenvalue weighted by atomic mass is 14.5. The van der Waals surface area contributed by atoms with E-state index in [4.69, 9.17) is 0 Å². The molecular weight excluding hydrogens is 108 g/mol. The molecule has 1 rings (SSSR count). The average molecular weight is 124 g/mol. The Morgan fingerprint density at radius 3 is 2.33 bits per heavy atom. The fourth-order valence-corrected chi connectivity index (χ4v) is 1.43. The fraction of sp³-hybridized carbons (Fsp3) is 0.778. The van der Waals surface area contributed by atoms with E-state index in [0.717, 1.165) is 11.8 Å². The van der Waals surface area contributed by atoms with Gasteiger partial charge in [0.1, 0.15) is 0 Å². The molecule has 52 valence electrons. The van der Waals surface area contributed by atoms with Crippen LogP contribution in [0.4, 0.5) is 0 Å². The molecule has 1 aliphatic rings. The Bertz CT molecular complexity index is 124. The van der Waals surface area contributed by atoms with Crippen LogP contribution in [0.15, 0.2) is 12.7 Å². The van der Waals surface area contributed by atoms with Crippen molar-refractivity contribution >= 4 is 0 Å². The second-order valence-electron chi connectivity index (χ2n) is 3.71. The van der Waals surface area contributed by atoms with E-state index in [0.29, 0.717) is 5.41 Å². The zero-order valence-corrected chi connectivity index (χ0v) is 6.65. The SMILES string of the molecule is C=CC1CC1(C)C(C)C. The van der Waals surface area contributed by atoms with Gasteiger partial charge in [-0.05, 0) is 23.7 Å². The summed E-state index contributed by atoms with van der Waals surface area (Å²) in [6.45, 7) is 10.7. The lowest BCUT2D eigenvalue weighted by molar-refractivity contribution is 0.376. The molecule has 0 saturated heterocycles. The molecule has 1 saturated carbocycles. The van der Waals surface area contributed by atoms with Crippen LogP contribution in [0.1, 0.15) is 27.2 Å². The zero-order valence-electron chi connectivity index (χ0n) is 6.65. The standard InChI is InChI=1S/C9H16/c1-5-8-6-9(8,4)7(2)3/h5,7-8H,1,6H2,2-4H3. The van der Waals surface area contributed by atoms with Crippen molar-refractivity contribution in [3.05, 3.63) is 12.7 Å². The van der Waals surface area contributed by atoms with E-state index < -0.39 is 0 Å². The van der Waals surface area contributed by atoms with Crippen LogP contribution in [-0.2, 0) is 0 Å². The van der Waals surface area contributed by atoms with Crippen LogP contribution in [0, 0.1) is 17.3 Å². The van der Waals surface area contributed by atoms with Gasteiger partial charge in [0.25, 0.3) is 0 Å². The van der Waals surface area contributed by atoms with E-state index in [1.54, 1.807) is 0 Å². The molecule has 1 fully saturated rings. The van der Waals surface area contributed by atoms with Gasteiger partial charge in [0, 0.05) is 0 Å². The molecule has 2 atom stereocenters. The second kappa shape index (κ2) is 1.86. The lowest BCUT2D eigenvalue weighted by atomic mass is 9.92. The molecule has 0 amide bonds. The van der Waals surface area contributed by atoms with Crippen molar-refractivity contribution in [1.82, 2.24) is 0 Å². The van der Waals surface area contributed by atoms with Crippen LogP contribution in [-0.4, -0.2) is 0 Å². The van der Waals surface area contributed by atoms with Crippen molar-refractivity contribution < 1.29 is 0 Å². The summed E-state index contributed by atoms with van der Waals surface area (Å²) in [5, 5.41) is 0. The van der Waals surface area contributed by atoms with Crippen molar-refractivity contribution in [3.8, 4) is 0 Å². The van der Waals surface area contributed by atoms with Gasteiger partial charge in [-0.3, -0.25) is 0 Å². The van der Waals surface area contributed by atoms with Gasteiger partial charge in [0.05, 0.1) is 0 Å². The van der Waals surface area contributed by atoms with Gasteiger partial charge >= 0.3 is 0 Å². The minimum Gasteiger partial charge on any atom is -0.103 e. The molecule has 9 heavy (non-hydrogen) atoms. The topological polar surface area (TPSA) is 0 Å². The quantitative estimate of drug-likeness (QED) is 0.496. The molecule has 0 aromatic carbocycles. The molecule has 0 aromatic heterocycles. The summed E-state index contributed by atoms with van der Waals surface area (Å²) in [4.78, 5) is 0. The number of rotatable bonds is 2.